The molecular formula is C21H40Cl3N5O4. The second-order valence-electron chi connectivity index (χ2n) is 7.02. The number of nitrogens with zero attached hydrogens (tertiary/aromatic N) is 2. The molecule has 4 N–H and O–H groups in total. The van der Waals surface area contributed by atoms with E-state index < -0.39 is 12.2 Å². The second kappa shape index (κ2) is 23.6. The first-order valence-electron chi connectivity index (χ1n) is 10.8. The maximum atomic E-state index is 11.7. The summed E-state index contributed by atoms with van der Waals surface area (Å²) in [5.41, 5.74) is 7.28. The van der Waals surface area contributed by atoms with Crippen LogP contribution in [0.5, 0.6) is 0 Å². The van der Waals surface area contributed by atoms with Crippen LogP contribution in [0, 0.1) is 0 Å². The van der Waals surface area contributed by atoms with Gasteiger partial charge in [-0.25, -0.2) is 9.59 Å². The van der Waals surface area contributed by atoms with E-state index in [-0.39, 0.29) is 56.5 Å². The minimum atomic E-state index is -0.423. The minimum absolute atomic E-state index is 0. The highest BCUT2D eigenvalue weighted by molar-refractivity contribution is 5.86. The fraction of sp³-hybridized carbons (Fsp3) is 0.667. The Labute approximate surface area is 216 Å². The van der Waals surface area contributed by atoms with Crippen LogP contribution in [0.15, 0.2) is 24.5 Å². The summed E-state index contributed by atoms with van der Waals surface area (Å²) in [6.45, 7) is 7.28. The van der Waals surface area contributed by atoms with Gasteiger partial charge in [0, 0.05) is 51.2 Å². The highest BCUT2D eigenvalue weighted by Gasteiger charge is 2.14. The summed E-state index contributed by atoms with van der Waals surface area (Å²) in [6, 6.07) is 3.51. The van der Waals surface area contributed by atoms with E-state index >= 15 is 0 Å². The maximum absolute atomic E-state index is 11.7. The average molecular weight is 533 g/mol. The first-order valence-corrected chi connectivity index (χ1v) is 10.8. The molecule has 0 bridgehead atoms. The van der Waals surface area contributed by atoms with Crippen molar-refractivity contribution in [1.29, 1.82) is 0 Å². The largest absolute Gasteiger partial charge is 0.448 e. The van der Waals surface area contributed by atoms with Gasteiger partial charge in [-0.1, -0.05) is 26.7 Å². The zero-order chi connectivity index (χ0) is 22.0. The fourth-order valence-electron chi connectivity index (χ4n) is 2.66. The number of ether oxygens (including phenoxy) is 2. The van der Waals surface area contributed by atoms with Crippen molar-refractivity contribution in [3.8, 4) is 0 Å². The Morgan fingerprint density at radius 2 is 1.39 bits per heavy atom. The van der Waals surface area contributed by atoms with Crippen molar-refractivity contribution in [1.82, 2.24) is 20.5 Å². The van der Waals surface area contributed by atoms with E-state index in [2.05, 4.69) is 29.5 Å². The number of pyridine rings is 1. The molecule has 1 aromatic heterocycles. The van der Waals surface area contributed by atoms with Gasteiger partial charge in [-0.15, -0.1) is 37.2 Å². The molecule has 1 atom stereocenters. The Bertz CT molecular complexity index is 575. The molecular weight excluding hydrogens is 493 g/mol. The van der Waals surface area contributed by atoms with Crippen molar-refractivity contribution in [3.63, 3.8) is 0 Å². The zero-order valence-electron chi connectivity index (χ0n) is 19.5. The zero-order valence-corrected chi connectivity index (χ0v) is 21.9. The smallest absolute Gasteiger partial charge is 0.407 e. The van der Waals surface area contributed by atoms with Crippen molar-refractivity contribution >= 4 is 49.4 Å². The summed E-state index contributed by atoms with van der Waals surface area (Å²) in [6.07, 6.45) is 6.40. The van der Waals surface area contributed by atoms with Gasteiger partial charge in [0.15, 0.2) is 0 Å². The third kappa shape index (κ3) is 18.6. The van der Waals surface area contributed by atoms with Gasteiger partial charge in [0.2, 0.25) is 0 Å². The van der Waals surface area contributed by atoms with Crippen molar-refractivity contribution in [3.05, 3.63) is 30.1 Å². The van der Waals surface area contributed by atoms with Gasteiger partial charge in [0.1, 0.15) is 13.2 Å². The molecule has 33 heavy (non-hydrogen) atoms. The lowest BCUT2D eigenvalue weighted by Crippen LogP contribution is -2.39. The molecule has 0 aromatic carbocycles. The number of aromatic nitrogens is 1. The first-order chi connectivity index (χ1) is 14.6. The molecule has 194 valence electrons. The standard InChI is InChI=1S/C21H37N5O4.3ClH/c1-3-5-9-24-20(27)29-15-13-26(14-16-30-21(28)25-10-6-4-2)17-19(22)18-7-11-23-12-8-18;;;/h7-8,11-12,19H,3-6,9-10,13-17,22H2,1-2H3,(H,24,27)(H,25,28);3*1H. The van der Waals surface area contributed by atoms with Gasteiger partial charge in [-0.05, 0) is 30.5 Å². The minimum Gasteiger partial charge on any atom is -0.448 e. The molecule has 2 amide bonds. The van der Waals surface area contributed by atoms with Gasteiger partial charge in [0.25, 0.3) is 0 Å². The molecule has 0 radical (unpaired) electrons. The highest BCUT2D eigenvalue weighted by Crippen LogP contribution is 2.10. The normalized spacial score (nSPS) is 10.7. The lowest BCUT2D eigenvalue weighted by Gasteiger charge is -2.25. The number of hydrogen-bond acceptors (Lipinski definition) is 7. The summed E-state index contributed by atoms with van der Waals surface area (Å²) in [5.74, 6) is 0. The number of amides is 2. The van der Waals surface area contributed by atoms with Crippen LogP contribution in [-0.4, -0.2) is 68.0 Å². The van der Waals surface area contributed by atoms with Gasteiger partial charge < -0.3 is 25.8 Å². The number of hydrogen-bond donors (Lipinski definition) is 3. The van der Waals surface area contributed by atoms with Crippen LogP contribution >= 0.6 is 37.2 Å². The van der Waals surface area contributed by atoms with E-state index in [0.29, 0.717) is 32.7 Å². The maximum Gasteiger partial charge on any atom is 0.407 e. The summed E-state index contributed by atoms with van der Waals surface area (Å²) < 4.78 is 10.5. The summed E-state index contributed by atoms with van der Waals surface area (Å²) in [7, 11) is 0. The Morgan fingerprint density at radius 3 is 1.82 bits per heavy atom. The quantitative estimate of drug-likeness (QED) is 0.295. The lowest BCUT2D eigenvalue weighted by atomic mass is 10.1. The number of nitrogens with two attached hydrogens (primary N) is 1. The molecule has 1 aromatic rings. The van der Waals surface area contributed by atoms with Crippen LogP contribution in [0.25, 0.3) is 0 Å². The third-order valence-corrected chi connectivity index (χ3v) is 4.47. The van der Waals surface area contributed by atoms with Gasteiger partial charge in [-0.3, -0.25) is 9.88 Å². The van der Waals surface area contributed by atoms with Crippen molar-refractivity contribution < 1.29 is 19.1 Å². The molecule has 9 nitrogen and oxygen atoms in total. The number of halogens is 3. The topological polar surface area (TPSA) is 119 Å². The summed E-state index contributed by atoms with van der Waals surface area (Å²) >= 11 is 0. The number of carbonyl (C=O) groups is 2. The molecule has 1 heterocycles. The lowest BCUT2D eigenvalue weighted by molar-refractivity contribution is 0.104. The predicted octanol–water partition coefficient (Wildman–Crippen LogP) is 3.70. The molecule has 0 saturated carbocycles. The predicted molar refractivity (Wildman–Crippen MR) is 138 cm³/mol. The molecule has 0 aliphatic heterocycles. The van der Waals surface area contributed by atoms with Crippen molar-refractivity contribution in [2.24, 2.45) is 5.73 Å². The SMILES string of the molecule is CCCCNC(=O)OCCN(CCOC(=O)NCCCC)CC(N)c1ccncc1.Cl.Cl.Cl. The van der Waals surface area contributed by atoms with E-state index in [9.17, 15) is 9.59 Å². The Balaban J connectivity index is -0.00000300. The van der Waals surface area contributed by atoms with E-state index in [1.165, 1.54) is 0 Å². The van der Waals surface area contributed by atoms with Crippen molar-refractivity contribution in [2.75, 3.05) is 45.9 Å². The van der Waals surface area contributed by atoms with Crippen LogP contribution in [0.4, 0.5) is 9.59 Å². The number of nitrogens with one attached hydrogen (secondary N) is 2. The second-order valence-corrected chi connectivity index (χ2v) is 7.02. The van der Waals surface area contributed by atoms with Crippen LogP contribution in [0.2, 0.25) is 0 Å². The van der Waals surface area contributed by atoms with E-state index in [0.717, 1.165) is 31.2 Å². The van der Waals surface area contributed by atoms with E-state index in [1.807, 2.05) is 17.0 Å². The molecule has 12 heteroatoms. The Hall–Kier alpha value is -1.52. The number of unbranched alkanes of at least 4 members (excludes halogenated alkanes) is 2. The van der Waals surface area contributed by atoms with Crippen LogP contribution in [-0.2, 0) is 9.47 Å². The molecule has 0 aliphatic rings. The molecule has 1 rings (SSSR count). The van der Waals surface area contributed by atoms with Gasteiger partial charge in [0.05, 0.1) is 0 Å². The van der Waals surface area contributed by atoms with Gasteiger partial charge in [-0.2, -0.15) is 0 Å². The molecule has 0 spiro atoms. The van der Waals surface area contributed by atoms with E-state index in [1.54, 1.807) is 12.4 Å². The Morgan fingerprint density at radius 1 is 0.939 bits per heavy atom. The molecule has 0 saturated heterocycles. The number of rotatable bonds is 15. The summed E-state index contributed by atoms with van der Waals surface area (Å²) in [5, 5.41) is 5.43. The highest BCUT2D eigenvalue weighted by atomic mass is 35.5. The first kappa shape index (κ1) is 36.1. The fourth-order valence-corrected chi connectivity index (χ4v) is 2.66. The summed E-state index contributed by atoms with van der Waals surface area (Å²) in [4.78, 5) is 29.4. The molecule has 0 aliphatic carbocycles. The number of alkyl carbamates (subject to hydrolysis) is 2. The number of carbonyl (C=O) groups excluding carboxylic acids is 2. The van der Waals surface area contributed by atoms with Crippen LogP contribution in [0.1, 0.15) is 51.1 Å². The average Bonchev–Trinajstić information content (AvgIpc) is 2.74. The molecule has 0 fully saturated rings. The van der Waals surface area contributed by atoms with E-state index in [4.69, 9.17) is 15.2 Å². The van der Waals surface area contributed by atoms with Gasteiger partial charge >= 0.3 is 12.2 Å². The monoisotopic (exact) mass is 531 g/mol. The van der Waals surface area contributed by atoms with Crippen LogP contribution in [0.3, 0.4) is 0 Å². The molecule has 1 unspecified atom stereocenters. The third-order valence-electron chi connectivity index (χ3n) is 4.47. The Kier molecular flexibility index (Phi) is 25.8. The van der Waals surface area contributed by atoms with Crippen LogP contribution < -0.4 is 16.4 Å². The van der Waals surface area contributed by atoms with Crippen molar-refractivity contribution in [2.45, 2.75) is 45.6 Å².